The highest BCUT2D eigenvalue weighted by Crippen LogP contribution is 2.20. The molecule has 0 aliphatic heterocycles. The first-order valence-electron chi connectivity index (χ1n) is 6.92. The lowest BCUT2D eigenvalue weighted by Gasteiger charge is -2.16. The Morgan fingerprint density at radius 1 is 1.22 bits per heavy atom. The minimum absolute atomic E-state index is 0.422. The van der Waals surface area contributed by atoms with Gasteiger partial charge in [-0.25, -0.2) is 4.79 Å². The van der Waals surface area contributed by atoms with Gasteiger partial charge in [-0.1, -0.05) is 28.1 Å². The largest absolute Gasteiger partial charge is 0.452 e. The van der Waals surface area contributed by atoms with Crippen LogP contribution in [0.5, 0.6) is 0 Å². The van der Waals surface area contributed by atoms with Crippen molar-refractivity contribution in [3.63, 3.8) is 0 Å². The standard InChI is InChI=1S/C15H19BrN2O4S/c1-9(13(19)18-15(21)17-3)22-14(20)10(2)23-8-11-4-6-12(16)7-5-11/h4-7,9-10H,8H2,1-3H3,(H2,17,18,19,21)/t9-,10+/m0/s1. The monoisotopic (exact) mass is 402 g/mol. The summed E-state index contributed by atoms with van der Waals surface area (Å²) >= 11 is 4.78. The zero-order valence-electron chi connectivity index (χ0n) is 13.1. The number of carbonyl (C=O) groups is 3. The number of rotatable bonds is 6. The first kappa shape index (κ1) is 19.5. The number of nitrogens with one attached hydrogen (secondary N) is 2. The highest BCUT2D eigenvalue weighted by Gasteiger charge is 2.23. The molecule has 0 saturated heterocycles. The molecule has 0 fully saturated rings. The van der Waals surface area contributed by atoms with Crippen molar-refractivity contribution in [3.05, 3.63) is 34.3 Å². The number of halogens is 1. The van der Waals surface area contributed by atoms with E-state index in [1.165, 1.54) is 25.7 Å². The van der Waals surface area contributed by atoms with Crippen molar-refractivity contribution >= 4 is 45.6 Å². The zero-order chi connectivity index (χ0) is 17.4. The Bertz CT molecular complexity index is 565. The van der Waals surface area contributed by atoms with E-state index in [0.717, 1.165) is 10.0 Å². The van der Waals surface area contributed by atoms with E-state index in [1.54, 1.807) is 6.92 Å². The average molecular weight is 403 g/mol. The number of amides is 3. The van der Waals surface area contributed by atoms with Crippen molar-refractivity contribution in [1.29, 1.82) is 0 Å². The number of hydrogen-bond acceptors (Lipinski definition) is 5. The van der Waals surface area contributed by atoms with E-state index in [4.69, 9.17) is 4.74 Å². The molecular weight excluding hydrogens is 384 g/mol. The molecule has 0 saturated carbocycles. The van der Waals surface area contributed by atoms with Gasteiger partial charge in [0, 0.05) is 17.3 Å². The van der Waals surface area contributed by atoms with E-state index in [0.29, 0.717) is 5.75 Å². The molecule has 0 aliphatic rings. The summed E-state index contributed by atoms with van der Waals surface area (Å²) in [5, 5.41) is 3.89. The summed E-state index contributed by atoms with van der Waals surface area (Å²) in [6.07, 6.45) is -1.03. The Kier molecular flexibility index (Phi) is 8.11. The van der Waals surface area contributed by atoms with E-state index in [2.05, 4.69) is 26.6 Å². The molecule has 1 aromatic carbocycles. The van der Waals surface area contributed by atoms with Crippen molar-refractivity contribution in [2.75, 3.05) is 7.05 Å². The Balaban J connectivity index is 2.42. The Hall–Kier alpha value is -1.54. The van der Waals surface area contributed by atoms with Crippen LogP contribution in [0.2, 0.25) is 0 Å². The molecule has 3 amide bonds. The van der Waals surface area contributed by atoms with Gasteiger partial charge in [0.1, 0.15) is 0 Å². The molecule has 0 spiro atoms. The molecule has 0 aliphatic carbocycles. The molecule has 1 aromatic rings. The molecule has 0 unspecified atom stereocenters. The van der Waals surface area contributed by atoms with Crippen molar-refractivity contribution < 1.29 is 19.1 Å². The van der Waals surface area contributed by atoms with E-state index in [-0.39, 0.29) is 0 Å². The molecule has 1 rings (SSSR count). The topological polar surface area (TPSA) is 84.5 Å². The second kappa shape index (κ2) is 9.57. The number of ether oxygens (including phenoxy) is 1. The summed E-state index contributed by atoms with van der Waals surface area (Å²) in [5.74, 6) is -0.503. The zero-order valence-corrected chi connectivity index (χ0v) is 15.5. The van der Waals surface area contributed by atoms with Crippen LogP contribution < -0.4 is 10.6 Å². The molecule has 2 atom stereocenters. The van der Waals surface area contributed by atoms with Gasteiger partial charge in [0.25, 0.3) is 5.91 Å². The number of benzene rings is 1. The summed E-state index contributed by atoms with van der Waals surface area (Å²) in [6.45, 7) is 3.14. The third-order valence-electron chi connectivity index (χ3n) is 2.87. The summed E-state index contributed by atoms with van der Waals surface area (Å²) in [4.78, 5) is 34.6. The van der Waals surface area contributed by atoms with Gasteiger partial charge in [-0.15, -0.1) is 11.8 Å². The lowest BCUT2D eigenvalue weighted by atomic mass is 10.2. The minimum Gasteiger partial charge on any atom is -0.452 e. The van der Waals surface area contributed by atoms with Gasteiger partial charge >= 0.3 is 12.0 Å². The maximum Gasteiger partial charge on any atom is 0.321 e. The van der Waals surface area contributed by atoms with E-state index >= 15 is 0 Å². The third kappa shape index (κ3) is 7.04. The maximum atomic E-state index is 12.0. The Morgan fingerprint density at radius 2 is 1.83 bits per heavy atom. The fourth-order valence-electron chi connectivity index (χ4n) is 1.47. The van der Waals surface area contributed by atoms with Crippen LogP contribution in [0.1, 0.15) is 19.4 Å². The van der Waals surface area contributed by atoms with Crippen molar-refractivity contribution in [2.24, 2.45) is 0 Å². The first-order chi connectivity index (χ1) is 10.8. The number of carbonyl (C=O) groups excluding carboxylic acids is 3. The molecule has 0 bridgehead atoms. The van der Waals surface area contributed by atoms with Crippen LogP contribution >= 0.6 is 27.7 Å². The van der Waals surface area contributed by atoms with Gasteiger partial charge < -0.3 is 10.1 Å². The number of thioether (sulfide) groups is 1. The Morgan fingerprint density at radius 3 is 2.39 bits per heavy atom. The predicted molar refractivity (Wildman–Crippen MR) is 93.1 cm³/mol. The quantitative estimate of drug-likeness (QED) is 0.713. The van der Waals surface area contributed by atoms with E-state index in [1.807, 2.05) is 24.3 Å². The lowest BCUT2D eigenvalue weighted by Crippen LogP contribution is -2.44. The van der Waals surface area contributed by atoms with Gasteiger partial charge in [-0.2, -0.15) is 0 Å². The number of esters is 1. The van der Waals surface area contributed by atoms with Crippen LogP contribution in [0.4, 0.5) is 4.79 Å². The molecule has 2 N–H and O–H groups in total. The lowest BCUT2D eigenvalue weighted by molar-refractivity contribution is -0.153. The summed E-state index contributed by atoms with van der Waals surface area (Å²) in [6, 6.07) is 7.16. The van der Waals surface area contributed by atoms with Crippen LogP contribution in [0.3, 0.4) is 0 Å². The number of urea groups is 1. The molecule has 0 aromatic heterocycles. The van der Waals surface area contributed by atoms with E-state index < -0.39 is 29.3 Å². The minimum atomic E-state index is -1.03. The maximum absolute atomic E-state index is 12.0. The van der Waals surface area contributed by atoms with Gasteiger partial charge in [0.05, 0.1) is 5.25 Å². The van der Waals surface area contributed by atoms with Gasteiger partial charge in [-0.3, -0.25) is 14.9 Å². The number of hydrogen-bond donors (Lipinski definition) is 2. The molecule has 6 nitrogen and oxygen atoms in total. The second-order valence-electron chi connectivity index (χ2n) is 4.73. The van der Waals surface area contributed by atoms with Crippen LogP contribution in [0, 0.1) is 0 Å². The third-order valence-corrected chi connectivity index (χ3v) is 4.59. The normalized spacial score (nSPS) is 12.9. The molecular formula is C15H19BrN2O4S. The number of imide groups is 1. The Labute approximate surface area is 147 Å². The van der Waals surface area contributed by atoms with Crippen molar-refractivity contribution in [1.82, 2.24) is 10.6 Å². The smallest absolute Gasteiger partial charge is 0.321 e. The molecule has 0 radical (unpaired) electrons. The van der Waals surface area contributed by atoms with Crippen LogP contribution in [-0.4, -0.2) is 36.3 Å². The van der Waals surface area contributed by atoms with Gasteiger partial charge in [-0.05, 0) is 31.5 Å². The molecule has 126 valence electrons. The van der Waals surface area contributed by atoms with Gasteiger partial charge in [0.15, 0.2) is 6.10 Å². The summed E-state index contributed by atoms with van der Waals surface area (Å²) in [5.41, 5.74) is 1.09. The van der Waals surface area contributed by atoms with Crippen molar-refractivity contribution in [2.45, 2.75) is 31.0 Å². The average Bonchev–Trinajstić information content (AvgIpc) is 2.53. The van der Waals surface area contributed by atoms with Gasteiger partial charge in [0.2, 0.25) is 0 Å². The SMILES string of the molecule is CNC(=O)NC(=O)[C@H](C)OC(=O)[C@@H](C)SCc1ccc(Br)cc1. The van der Waals surface area contributed by atoms with E-state index in [9.17, 15) is 14.4 Å². The molecule has 23 heavy (non-hydrogen) atoms. The van der Waals surface area contributed by atoms with Crippen LogP contribution in [0.25, 0.3) is 0 Å². The highest BCUT2D eigenvalue weighted by molar-refractivity contribution is 9.10. The highest BCUT2D eigenvalue weighted by atomic mass is 79.9. The second-order valence-corrected chi connectivity index (χ2v) is 6.97. The molecule has 0 heterocycles. The first-order valence-corrected chi connectivity index (χ1v) is 8.76. The van der Waals surface area contributed by atoms with Crippen LogP contribution in [0.15, 0.2) is 28.7 Å². The predicted octanol–water partition coefficient (Wildman–Crippen LogP) is 2.46. The summed E-state index contributed by atoms with van der Waals surface area (Å²) < 4.78 is 6.06. The van der Waals surface area contributed by atoms with Crippen molar-refractivity contribution in [3.8, 4) is 0 Å². The molecule has 8 heteroatoms. The fourth-order valence-corrected chi connectivity index (χ4v) is 2.56. The fraction of sp³-hybridized carbons (Fsp3) is 0.400. The van der Waals surface area contributed by atoms with Crippen LogP contribution in [-0.2, 0) is 20.1 Å². The summed E-state index contributed by atoms with van der Waals surface area (Å²) in [7, 11) is 1.39.